The van der Waals surface area contributed by atoms with Crippen LogP contribution in [0.15, 0.2) is 81.4 Å². The van der Waals surface area contributed by atoms with Gasteiger partial charge in [0.1, 0.15) is 11.5 Å². The molecule has 2 aromatic heterocycles. The smallest absolute Gasteiger partial charge is 0.271 e. The molecule has 0 unspecified atom stereocenters. The van der Waals surface area contributed by atoms with Crippen molar-refractivity contribution < 1.29 is 14.1 Å². The summed E-state index contributed by atoms with van der Waals surface area (Å²) in [5, 5.41) is 15.5. The predicted octanol–water partition coefficient (Wildman–Crippen LogP) is 5.32. The zero-order valence-electron chi connectivity index (χ0n) is 19.0. The molecule has 0 aliphatic rings. The third-order valence-electron chi connectivity index (χ3n) is 4.89. The van der Waals surface area contributed by atoms with Gasteiger partial charge in [-0.1, -0.05) is 23.9 Å². The summed E-state index contributed by atoms with van der Waals surface area (Å²) >= 11 is 1.54. The quantitative estimate of drug-likeness (QED) is 0.117. The van der Waals surface area contributed by atoms with Gasteiger partial charge in [-0.3, -0.25) is 14.9 Å². The molecule has 1 N–H and O–H groups in total. The molecule has 0 aliphatic heterocycles. The number of nitrogens with zero attached hydrogens (tertiary/aromatic N) is 4. The van der Waals surface area contributed by atoms with Gasteiger partial charge < -0.3 is 4.42 Å². The highest BCUT2D eigenvalue weighted by Crippen LogP contribution is 2.24. The number of nitro benzene ring substituents is 1. The van der Waals surface area contributed by atoms with Gasteiger partial charge in [0.05, 0.1) is 11.1 Å². The minimum atomic E-state index is -0.458. The number of carbonyl (C=O) groups is 1. The fourth-order valence-corrected chi connectivity index (χ4v) is 4.11. The van der Waals surface area contributed by atoms with Crippen LogP contribution in [-0.4, -0.2) is 27.0 Å². The first-order chi connectivity index (χ1) is 16.9. The number of hydrazone groups is 1. The molecule has 0 radical (unpaired) electrons. The zero-order valence-corrected chi connectivity index (χ0v) is 19.8. The predicted molar refractivity (Wildman–Crippen MR) is 133 cm³/mol. The highest BCUT2D eigenvalue weighted by atomic mass is 32.2. The number of nitrogens with one attached hydrogen (secondary N) is 1. The number of carbonyl (C=O) groups excluding carboxylic acids is 1. The van der Waals surface area contributed by atoms with Gasteiger partial charge >= 0.3 is 0 Å². The Kier molecular flexibility index (Phi) is 7.32. The van der Waals surface area contributed by atoms with E-state index in [1.807, 2.05) is 32.0 Å². The number of furan rings is 1. The van der Waals surface area contributed by atoms with Gasteiger partial charge in [0.25, 0.3) is 11.6 Å². The summed E-state index contributed by atoms with van der Waals surface area (Å²) in [5.41, 5.74) is 6.57. The molecular formula is C25H21N5O4S. The van der Waals surface area contributed by atoms with Crippen molar-refractivity contribution in [2.75, 3.05) is 0 Å². The van der Waals surface area contributed by atoms with Crippen molar-refractivity contribution in [3.05, 3.63) is 105 Å². The number of amides is 1. The van der Waals surface area contributed by atoms with Crippen LogP contribution in [-0.2, 0) is 5.75 Å². The van der Waals surface area contributed by atoms with Crippen molar-refractivity contribution in [2.45, 2.75) is 24.8 Å². The van der Waals surface area contributed by atoms with E-state index in [1.165, 1.54) is 18.3 Å². The molecule has 10 heteroatoms. The second kappa shape index (κ2) is 10.7. The van der Waals surface area contributed by atoms with E-state index in [1.54, 1.807) is 48.2 Å². The lowest BCUT2D eigenvalue weighted by atomic mass is 10.1. The molecule has 4 rings (SSSR count). The van der Waals surface area contributed by atoms with Gasteiger partial charge in [0, 0.05) is 40.4 Å². The highest BCUT2D eigenvalue weighted by Gasteiger charge is 2.09. The molecule has 35 heavy (non-hydrogen) atoms. The molecule has 0 aliphatic carbocycles. The van der Waals surface area contributed by atoms with Crippen molar-refractivity contribution in [3.63, 3.8) is 0 Å². The molecule has 9 nitrogen and oxygen atoms in total. The number of nitro groups is 1. The number of non-ortho nitro benzene ring substituents is 1. The van der Waals surface area contributed by atoms with Gasteiger partial charge in [-0.05, 0) is 61.9 Å². The normalized spacial score (nSPS) is 11.0. The molecule has 1 amide bonds. The lowest BCUT2D eigenvalue weighted by molar-refractivity contribution is -0.384. The second-order valence-electron chi connectivity index (χ2n) is 7.62. The van der Waals surface area contributed by atoms with E-state index in [4.69, 9.17) is 4.42 Å². The molecule has 0 bridgehead atoms. The molecule has 0 atom stereocenters. The van der Waals surface area contributed by atoms with E-state index in [9.17, 15) is 14.9 Å². The maximum atomic E-state index is 12.4. The first kappa shape index (κ1) is 23.8. The molecule has 176 valence electrons. The van der Waals surface area contributed by atoms with Gasteiger partial charge in [-0.15, -0.1) is 0 Å². The fraction of sp³-hybridized carbons (Fsp3) is 0.120. The van der Waals surface area contributed by atoms with Crippen LogP contribution in [0.5, 0.6) is 0 Å². The first-order valence-electron chi connectivity index (χ1n) is 10.6. The highest BCUT2D eigenvalue weighted by molar-refractivity contribution is 7.98. The summed E-state index contributed by atoms with van der Waals surface area (Å²) in [6.45, 7) is 3.89. The number of rotatable bonds is 8. The average Bonchev–Trinajstić information content (AvgIpc) is 3.31. The summed E-state index contributed by atoms with van der Waals surface area (Å²) in [6, 6.07) is 18.6. The van der Waals surface area contributed by atoms with E-state index < -0.39 is 4.92 Å². The molecule has 2 aromatic carbocycles. The van der Waals surface area contributed by atoms with E-state index in [2.05, 4.69) is 20.5 Å². The number of aromatic nitrogens is 2. The molecule has 0 spiro atoms. The van der Waals surface area contributed by atoms with Crippen LogP contribution in [0.3, 0.4) is 0 Å². The van der Waals surface area contributed by atoms with Crippen LogP contribution in [0.1, 0.15) is 33.1 Å². The zero-order chi connectivity index (χ0) is 24.8. The lowest BCUT2D eigenvalue weighted by Crippen LogP contribution is -2.17. The first-order valence-corrected chi connectivity index (χ1v) is 11.6. The molecule has 4 aromatic rings. The van der Waals surface area contributed by atoms with Crippen LogP contribution in [0.2, 0.25) is 0 Å². The van der Waals surface area contributed by atoms with E-state index in [0.29, 0.717) is 28.4 Å². The Morgan fingerprint density at radius 2 is 1.74 bits per heavy atom. The van der Waals surface area contributed by atoms with Crippen LogP contribution >= 0.6 is 11.8 Å². The van der Waals surface area contributed by atoms with Crippen LogP contribution < -0.4 is 5.43 Å². The van der Waals surface area contributed by atoms with Gasteiger partial charge in [-0.2, -0.15) is 5.10 Å². The fourth-order valence-electron chi connectivity index (χ4n) is 3.20. The standard InChI is InChI=1S/C25H21N5O4S/c1-16-13-17(2)28-25(27-16)35-15-18-3-5-20(6-4-18)24(31)29-26-14-22-11-12-23(34-22)19-7-9-21(10-8-19)30(32)33/h3-14H,15H2,1-2H3,(H,29,31)/b26-14+. The molecule has 0 saturated heterocycles. The molecule has 0 saturated carbocycles. The van der Waals surface area contributed by atoms with E-state index >= 15 is 0 Å². The van der Waals surface area contributed by atoms with Crippen molar-refractivity contribution >= 4 is 29.6 Å². The molecule has 0 fully saturated rings. The largest absolute Gasteiger partial charge is 0.455 e. The summed E-state index contributed by atoms with van der Waals surface area (Å²) in [7, 11) is 0. The van der Waals surface area contributed by atoms with E-state index in [0.717, 1.165) is 22.1 Å². The molecular weight excluding hydrogens is 466 g/mol. The maximum Gasteiger partial charge on any atom is 0.271 e. The second-order valence-corrected chi connectivity index (χ2v) is 8.57. The summed E-state index contributed by atoms with van der Waals surface area (Å²) in [5.74, 6) is 1.31. The number of hydrogen-bond donors (Lipinski definition) is 1. The van der Waals surface area contributed by atoms with Crippen LogP contribution in [0.4, 0.5) is 5.69 Å². The third-order valence-corrected chi connectivity index (χ3v) is 5.81. The number of aryl methyl sites for hydroxylation is 2. The minimum absolute atomic E-state index is 0.00645. The van der Waals surface area contributed by atoms with Crippen molar-refractivity contribution in [1.82, 2.24) is 15.4 Å². The van der Waals surface area contributed by atoms with Crippen molar-refractivity contribution in [1.29, 1.82) is 0 Å². The minimum Gasteiger partial charge on any atom is -0.455 e. The Morgan fingerprint density at radius 3 is 2.40 bits per heavy atom. The SMILES string of the molecule is Cc1cc(C)nc(SCc2ccc(C(=O)N/N=C/c3ccc(-c4ccc([N+](=O)[O-])cc4)o3)cc2)n1. The van der Waals surface area contributed by atoms with Crippen molar-refractivity contribution in [2.24, 2.45) is 5.10 Å². The van der Waals surface area contributed by atoms with Crippen LogP contribution in [0, 0.1) is 24.0 Å². The van der Waals surface area contributed by atoms with Gasteiger partial charge in [0.15, 0.2) is 5.16 Å². The Labute approximate surface area is 205 Å². The van der Waals surface area contributed by atoms with Gasteiger partial charge in [0.2, 0.25) is 0 Å². The Morgan fingerprint density at radius 1 is 1.06 bits per heavy atom. The lowest BCUT2D eigenvalue weighted by Gasteiger charge is -2.04. The monoisotopic (exact) mass is 487 g/mol. The number of thioether (sulfide) groups is 1. The van der Waals surface area contributed by atoms with Crippen LogP contribution in [0.25, 0.3) is 11.3 Å². The Hall–Kier alpha value is -4.31. The summed E-state index contributed by atoms with van der Waals surface area (Å²) in [4.78, 5) is 31.5. The van der Waals surface area contributed by atoms with Crippen molar-refractivity contribution in [3.8, 4) is 11.3 Å². The summed E-state index contributed by atoms with van der Waals surface area (Å²) < 4.78 is 5.67. The maximum absolute atomic E-state index is 12.4. The third kappa shape index (κ3) is 6.39. The van der Waals surface area contributed by atoms with Gasteiger partial charge in [-0.25, -0.2) is 15.4 Å². The van der Waals surface area contributed by atoms with E-state index in [-0.39, 0.29) is 11.6 Å². The Balaban J connectivity index is 1.30. The number of benzene rings is 2. The molecule has 2 heterocycles. The number of hydrogen-bond acceptors (Lipinski definition) is 8. The topological polar surface area (TPSA) is 124 Å². The Bertz CT molecular complexity index is 1360. The average molecular weight is 488 g/mol. The summed E-state index contributed by atoms with van der Waals surface area (Å²) in [6.07, 6.45) is 1.39.